The standard InChI is InChI=1S/C13H19N3O4S/c1-2-19-13(18)9-7-21-11(16-9)6-15-12(17)10-4-3-8(5-14)20-10/h7-8,10H,2-6,14H2,1H3,(H,15,17)/t8-,10+/m1/s1. The van der Waals surface area contributed by atoms with Gasteiger partial charge in [-0.15, -0.1) is 11.3 Å². The number of hydrogen-bond donors (Lipinski definition) is 2. The van der Waals surface area contributed by atoms with Crippen LogP contribution in [0.15, 0.2) is 5.38 Å². The zero-order valence-electron chi connectivity index (χ0n) is 11.8. The van der Waals surface area contributed by atoms with E-state index >= 15 is 0 Å². The van der Waals surface area contributed by atoms with Crippen molar-refractivity contribution in [2.45, 2.75) is 38.5 Å². The fourth-order valence-corrected chi connectivity index (χ4v) is 2.74. The Morgan fingerprint density at radius 2 is 2.38 bits per heavy atom. The summed E-state index contributed by atoms with van der Waals surface area (Å²) in [6, 6.07) is 0. The van der Waals surface area contributed by atoms with Crippen molar-refractivity contribution in [3.8, 4) is 0 Å². The summed E-state index contributed by atoms with van der Waals surface area (Å²) in [5, 5.41) is 5.03. The lowest BCUT2D eigenvalue weighted by Crippen LogP contribution is -2.35. The summed E-state index contributed by atoms with van der Waals surface area (Å²) in [5.74, 6) is -0.616. The van der Waals surface area contributed by atoms with E-state index in [4.69, 9.17) is 15.2 Å². The average Bonchev–Trinajstić information content (AvgIpc) is 3.14. The Hall–Kier alpha value is -1.51. The van der Waals surface area contributed by atoms with Crippen LogP contribution >= 0.6 is 11.3 Å². The van der Waals surface area contributed by atoms with Gasteiger partial charge in [-0.05, 0) is 19.8 Å². The first-order valence-corrected chi connectivity index (χ1v) is 7.76. The molecule has 2 heterocycles. The average molecular weight is 313 g/mol. The number of nitrogens with one attached hydrogen (secondary N) is 1. The van der Waals surface area contributed by atoms with Crippen LogP contribution in [0.2, 0.25) is 0 Å². The van der Waals surface area contributed by atoms with E-state index in [-0.39, 0.29) is 24.2 Å². The zero-order valence-corrected chi connectivity index (χ0v) is 12.6. The molecule has 1 fully saturated rings. The van der Waals surface area contributed by atoms with Gasteiger partial charge in [-0.25, -0.2) is 9.78 Å². The Balaban J connectivity index is 1.80. The molecule has 116 valence electrons. The van der Waals surface area contributed by atoms with Gasteiger partial charge in [0.2, 0.25) is 5.91 Å². The summed E-state index contributed by atoms with van der Waals surface area (Å²) in [6.45, 7) is 2.75. The molecule has 0 aromatic carbocycles. The van der Waals surface area contributed by atoms with Gasteiger partial charge in [0, 0.05) is 11.9 Å². The quantitative estimate of drug-likeness (QED) is 0.739. The number of ether oxygens (including phenoxy) is 2. The molecule has 1 aliphatic heterocycles. The molecule has 0 saturated carbocycles. The van der Waals surface area contributed by atoms with Crippen LogP contribution in [0, 0.1) is 0 Å². The second-order valence-electron chi connectivity index (χ2n) is 4.62. The number of esters is 1. The Bertz CT molecular complexity index is 505. The minimum Gasteiger partial charge on any atom is -0.461 e. The number of thiazole rings is 1. The number of rotatable bonds is 6. The van der Waals surface area contributed by atoms with Gasteiger partial charge in [0.15, 0.2) is 5.69 Å². The van der Waals surface area contributed by atoms with E-state index in [1.54, 1.807) is 12.3 Å². The number of aromatic nitrogens is 1. The van der Waals surface area contributed by atoms with Crippen molar-refractivity contribution in [1.82, 2.24) is 10.3 Å². The molecule has 1 aromatic heterocycles. The van der Waals surface area contributed by atoms with E-state index in [9.17, 15) is 9.59 Å². The minimum atomic E-state index is -0.448. The molecule has 3 N–H and O–H groups in total. The molecular formula is C13H19N3O4S. The Labute approximate surface area is 126 Å². The van der Waals surface area contributed by atoms with Crippen LogP contribution in [0.3, 0.4) is 0 Å². The number of carbonyl (C=O) groups is 2. The monoisotopic (exact) mass is 313 g/mol. The first kappa shape index (κ1) is 15.9. The van der Waals surface area contributed by atoms with E-state index < -0.39 is 12.1 Å². The molecule has 0 unspecified atom stereocenters. The summed E-state index contributed by atoms with van der Waals surface area (Å²) in [7, 11) is 0. The van der Waals surface area contributed by atoms with Crippen LogP contribution in [0.25, 0.3) is 0 Å². The SMILES string of the molecule is CCOC(=O)c1csc(CNC(=O)[C@@H]2CC[C@H](CN)O2)n1. The third-order valence-corrected chi connectivity index (χ3v) is 3.96. The van der Waals surface area contributed by atoms with Crippen LogP contribution in [0.5, 0.6) is 0 Å². The fourth-order valence-electron chi connectivity index (χ4n) is 2.04. The first-order valence-electron chi connectivity index (χ1n) is 6.88. The molecule has 0 aliphatic carbocycles. The van der Waals surface area contributed by atoms with Crippen LogP contribution in [0.4, 0.5) is 0 Å². The first-order chi connectivity index (χ1) is 10.1. The van der Waals surface area contributed by atoms with Crippen molar-refractivity contribution in [2.75, 3.05) is 13.2 Å². The smallest absolute Gasteiger partial charge is 0.357 e. The Morgan fingerprint density at radius 3 is 3.05 bits per heavy atom. The number of nitrogens with two attached hydrogens (primary N) is 1. The third kappa shape index (κ3) is 4.23. The molecule has 1 amide bonds. The van der Waals surface area contributed by atoms with E-state index in [1.165, 1.54) is 11.3 Å². The molecule has 7 nitrogen and oxygen atoms in total. The Morgan fingerprint density at radius 1 is 1.57 bits per heavy atom. The predicted molar refractivity (Wildman–Crippen MR) is 76.9 cm³/mol. The molecule has 8 heteroatoms. The zero-order chi connectivity index (χ0) is 15.2. The lowest BCUT2D eigenvalue weighted by molar-refractivity contribution is -0.132. The largest absolute Gasteiger partial charge is 0.461 e. The fraction of sp³-hybridized carbons (Fsp3) is 0.615. The van der Waals surface area contributed by atoms with E-state index in [1.807, 2.05) is 0 Å². The second kappa shape index (κ2) is 7.48. The van der Waals surface area contributed by atoms with Gasteiger partial charge in [0.1, 0.15) is 11.1 Å². The highest BCUT2D eigenvalue weighted by atomic mass is 32.1. The molecule has 2 atom stereocenters. The van der Waals surface area contributed by atoms with Gasteiger partial charge in [0.05, 0.1) is 19.3 Å². The highest BCUT2D eigenvalue weighted by molar-refractivity contribution is 7.09. The molecular weight excluding hydrogens is 294 g/mol. The minimum absolute atomic E-state index is 0.0315. The molecule has 0 bridgehead atoms. The molecule has 2 rings (SSSR count). The van der Waals surface area contributed by atoms with E-state index in [0.717, 1.165) is 6.42 Å². The maximum absolute atomic E-state index is 11.9. The number of nitrogens with zero attached hydrogens (tertiary/aromatic N) is 1. The summed E-state index contributed by atoms with van der Waals surface area (Å²) in [5.41, 5.74) is 5.78. The van der Waals surface area contributed by atoms with Crippen LogP contribution in [-0.2, 0) is 20.8 Å². The van der Waals surface area contributed by atoms with Gasteiger partial charge in [0.25, 0.3) is 0 Å². The maximum Gasteiger partial charge on any atom is 0.357 e. The summed E-state index contributed by atoms with van der Waals surface area (Å²) in [4.78, 5) is 27.5. The van der Waals surface area contributed by atoms with Crippen molar-refractivity contribution in [1.29, 1.82) is 0 Å². The highest BCUT2D eigenvalue weighted by Crippen LogP contribution is 2.19. The summed E-state index contributed by atoms with van der Waals surface area (Å²) in [6.07, 6.45) is 1.01. The molecule has 1 aliphatic rings. The number of carbonyl (C=O) groups excluding carboxylic acids is 2. The normalized spacial score (nSPS) is 21.2. The molecule has 0 radical (unpaired) electrons. The van der Waals surface area contributed by atoms with Gasteiger partial charge >= 0.3 is 5.97 Å². The van der Waals surface area contributed by atoms with Gasteiger partial charge < -0.3 is 20.5 Å². The molecule has 1 aromatic rings. The summed E-state index contributed by atoms with van der Waals surface area (Å²) >= 11 is 1.31. The van der Waals surface area contributed by atoms with E-state index in [2.05, 4.69) is 10.3 Å². The van der Waals surface area contributed by atoms with Crippen molar-refractivity contribution >= 4 is 23.2 Å². The van der Waals surface area contributed by atoms with Gasteiger partial charge in [-0.1, -0.05) is 0 Å². The molecule has 1 saturated heterocycles. The third-order valence-electron chi connectivity index (χ3n) is 3.11. The second-order valence-corrected chi connectivity index (χ2v) is 5.57. The van der Waals surface area contributed by atoms with Gasteiger partial charge in [-0.2, -0.15) is 0 Å². The lowest BCUT2D eigenvalue weighted by Gasteiger charge is -2.11. The highest BCUT2D eigenvalue weighted by Gasteiger charge is 2.29. The van der Waals surface area contributed by atoms with Crippen molar-refractivity contribution in [3.63, 3.8) is 0 Å². The van der Waals surface area contributed by atoms with Crippen LogP contribution < -0.4 is 11.1 Å². The number of amides is 1. The Kier molecular flexibility index (Phi) is 5.66. The van der Waals surface area contributed by atoms with Gasteiger partial charge in [-0.3, -0.25) is 4.79 Å². The van der Waals surface area contributed by atoms with Crippen molar-refractivity contribution < 1.29 is 19.1 Å². The van der Waals surface area contributed by atoms with Crippen molar-refractivity contribution in [3.05, 3.63) is 16.1 Å². The molecule has 21 heavy (non-hydrogen) atoms. The lowest BCUT2D eigenvalue weighted by atomic mass is 10.2. The van der Waals surface area contributed by atoms with Crippen LogP contribution in [0.1, 0.15) is 35.3 Å². The van der Waals surface area contributed by atoms with E-state index in [0.29, 0.717) is 24.6 Å². The topological polar surface area (TPSA) is 104 Å². The predicted octanol–water partition coefficient (Wildman–Crippen LogP) is 0.442. The molecule has 0 spiro atoms. The number of hydrogen-bond acceptors (Lipinski definition) is 7. The van der Waals surface area contributed by atoms with Crippen LogP contribution in [-0.4, -0.2) is 42.2 Å². The maximum atomic E-state index is 11.9. The van der Waals surface area contributed by atoms with Crippen molar-refractivity contribution in [2.24, 2.45) is 5.73 Å². The summed E-state index contributed by atoms with van der Waals surface area (Å²) < 4.78 is 10.4.